The van der Waals surface area contributed by atoms with Gasteiger partial charge in [-0.25, -0.2) is 0 Å². The van der Waals surface area contributed by atoms with Crippen LogP contribution in [0.15, 0.2) is 71.8 Å². The zero-order chi connectivity index (χ0) is 25.9. The van der Waals surface area contributed by atoms with Crippen LogP contribution in [0.5, 0.6) is 17.2 Å². The SMILES string of the molecule is COc1cc(C=NNC(=S)Nc2ccccc2)cc(Cl)c1OCCOc1ccc(C2CCCCC2)cc1. The highest BCUT2D eigenvalue weighted by molar-refractivity contribution is 7.80. The van der Waals surface area contributed by atoms with Gasteiger partial charge in [-0.05, 0) is 78.5 Å². The lowest BCUT2D eigenvalue weighted by atomic mass is 9.84. The van der Waals surface area contributed by atoms with Crippen LogP contribution in [0.4, 0.5) is 5.69 Å². The standard InChI is InChI=1S/C29H32ClN3O3S/c1-34-27-19-21(20-31-33-29(37)32-24-10-6-3-7-11-24)18-26(30)28(27)36-17-16-35-25-14-12-23(13-15-25)22-8-4-2-5-9-22/h3,6-7,10-15,18-20,22H,2,4-5,8-9,16-17H2,1H3,(H2,32,33,37). The first-order chi connectivity index (χ1) is 18.1. The average molecular weight is 538 g/mol. The zero-order valence-corrected chi connectivity index (χ0v) is 22.5. The average Bonchev–Trinajstić information content (AvgIpc) is 2.93. The number of ether oxygens (including phenoxy) is 3. The van der Waals surface area contributed by atoms with Crippen molar-refractivity contribution in [1.29, 1.82) is 0 Å². The Bertz CT molecular complexity index is 1180. The Kier molecular flexibility index (Phi) is 10.0. The molecule has 4 rings (SSSR count). The number of anilines is 1. The van der Waals surface area contributed by atoms with E-state index in [1.165, 1.54) is 37.7 Å². The Morgan fingerprint density at radius 2 is 1.73 bits per heavy atom. The van der Waals surface area contributed by atoms with Gasteiger partial charge >= 0.3 is 0 Å². The predicted molar refractivity (Wildman–Crippen MR) is 155 cm³/mol. The summed E-state index contributed by atoms with van der Waals surface area (Å²) >= 11 is 11.7. The Morgan fingerprint density at radius 1 is 1.00 bits per heavy atom. The van der Waals surface area contributed by atoms with Crippen molar-refractivity contribution < 1.29 is 14.2 Å². The Balaban J connectivity index is 1.25. The fourth-order valence-corrected chi connectivity index (χ4v) is 4.82. The van der Waals surface area contributed by atoms with Gasteiger partial charge in [-0.3, -0.25) is 5.43 Å². The highest BCUT2D eigenvalue weighted by Gasteiger charge is 2.15. The number of benzene rings is 3. The molecule has 0 heterocycles. The van der Waals surface area contributed by atoms with Crippen LogP contribution in [0.3, 0.4) is 0 Å². The quantitative estimate of drug-likeness (QED) is 0.124. The lowest BCUT2D eigenvalue weighted by molar-refractivity contribution is 0.211. The topological polar surface area (TPSA) is 64.1 Å². The summed E-state index contributed by atoms with van der Waals surface area (Å²) in [6, 6.07) is 21.6. The molecule has 0 unspecified atom stereocenters. The highest BCUT2D eigenvalue weighted by atomic mass is 35.5. The molecule has 1 aliphatic rings. The molecule has 0 radical (unpaired) electrons. The van der Waals surface area contributed by atoms with Gasteiger partial charge in [0.2, 0.25) is 0 Å². The number of nitrogens with one attached hydrogen (secondary N) is 2. The van der Waals surface area contributed by atoms with E-state index in [1.807, 2.05) is 42.5 Å². The number of hydrogen-bond acceptors (Lipinski definition) is 5. The first-order valence-electron chi connectivity index (χ1n) is 12.5. The van der Waals surface area contributed by atoms with Crippen molar-refractivity contribution in [2.45, 2.75) is 38.0 Å². The second kappa shape index (κ2) is 13.9. The zero-order valence-electron chi connectivity index (χ0n) is 20.9. The Labute approximate surface area is 229 Å². The molecule has 0 aromatic heterocycles. The van der Waals surface area contributed by atoms with Crippen LogP contribution in [-0.4, -0.2) is 31.7 Å². The summed E-state index contributed by atoms with van der Waals surface area (Å²) in [5.74, 6) is 2.50. The maximum absolute atomic E-state index is 6.48. The van der Waals surface area contributed by atoms with Gasteiger partial charge in [-0.15, -0.1) is 0 Å². The molecule has 37 heavy (non-hydrogen) atoms. The molecule has 6 nitrogen and oxygen atoms in total. The molecule has 0 aliphatic heterocycles. The number of rotatable bonds is 10. The summed E-state index contributed by atoms with van der Waals surface area (Å²) in [4.78, 5) is 0. The molecule has 3 aromatic rings. The van der Waals surface area contributed by atoms with Gasteiger partial charge in [0.25, 0.3) is 0 Å². The Morgan fingerprint density at radius 3 is 2.46 bits per heavy atom. The molecule has 1 fully saturated rings. The van der Waals surface area contributed by atoms with Crippen LogP contribution < -0.4 is 25.0 Å². The molecule has 0 spiro atoms. The van der Waals surface area contributed by atoms with Crippen molar-refractivity contribution in [2.24, 2.45) is 5.10 Å². The molecule has 194 valence electrons. The van der Waals surface area contributed by atoms with E-state index in [1.54, 1.807) is 25.5 Å². The van der Waals surface area contributed by atoms with Crippen LogP contribution in [0.25, 0.3) is 0 Å². The number of hydrogen-bond donors (Lipinski definition) is 2. The van der Waals surface area contributed by atoms with Gasteiger partial charge in [-0.1, -0.05) is 61.2 Å². The van der Waals surface area contributed by atoms with E-state index in [-0.39, 0.29) is 0 Å². The van der Waals surface area contributed by atoms with Crippen molar-refractivity contribution >= 4 is 40.8 Å². The molecule has 8 heteroatoms. The summed E-state index contributed by atoms with van der Waals surface area (Å²) < 4.78 is 17.2. The molecule has 0 amide bonds. The minimum Gasteiger partial charge on any atom is -0.493 e. The number of methoxy groups -OCH3 is 1. The second-order valence-electron chi connectivity index (χ2n) is 8.83. The third-order valence-electron chi connectivity index (χ3n) is 6.22. The third-order valence-corrected chi connectivity index (χ3v) is 6.69. The van der Waals surface area contributed by atoms with E-state index in [2.05, 4.69) is 28.0 Å². The maximum Gasteiger partial charge on any atom is 0.191 e. The summed E-state index contributed by atoms with van der Waals surface area (Å²) in [5, 5.41) is 8.03. The third kappa shape index (κ3) is 8.10. The van der Waals surface area contributed by atoms with Crippen molar-refractivity contribution in [1.82, 2.24) is 5.43 Å². The number of hydrazone groups is 1. The summed E-state index contributed by atoms with van der Waals surface area (Å²) in [7, 11) is 1.57. The molecule has 0 bridgehead atoms. The van der Waals surface area contributed by atoms with Crippen molar-refractivity contribution in [2.75, 3.05) is 25.6 Å². The van der Waals surface area contributed by atoms with E-state index in [4.69, 9.17) is 38.0 Å². The highest BCUT2D eigenvalue weighted by Crippen LogP contribution is 2.36. The summed E-state index contributed by atoms with van der Waals surface area (Å²) in [6.45, 7) is 0.718. The van der Waals surface area contributed by atoms with Gasteiger partial charge in [-0.2, -0.15) is 5.10 Å². The first-order valence-corrected chi connectivity index (χ1v) is 13.3. The van der Waals surface area contributed by atoms with Crippen molar-refractivity contribution in [3.8, 4) is 17.2 Å². The summed E-state index contributed by atoms with van der Waals surface area (Å²) in [5.41, 5.74) is 5.81. The molecule has 3 aromatic carbocycles. The van der Waals surface area contributed by atoms with Crippen molar-refractivity contribution in [3.05, 3.63) is 82.9 Å². The number of thiocarbonyl (C=S) groups is 1. The minimum atomic E-state index is 0.328. The second-order valence-corrected chi connectivity index (χ2v) is 9.64. The fraction of sp³-hybridized carbons (Fsp3) is 0.310. The van der Waals surface area contributed by atoms with Crippen LogP contribution in [0.1, 0.15) is 49.1 Å². The molecule has 1 saturated carbocycles. The van der Waals surface area contributed by atoms with Crippen molar-refractivity contribution in [3.63, 3.8) is 0 Å². The van der Waals surface area contributed by atoms with Gasteiger partial charge in [0.1, 0.15) is 19.0 Å². The van der Waals surface area contributed by atoms with E-state index in [0.717, 1.165) is 17.0 Å². The van der Waals surface area contributed by atoms with Crippen LogP contribution >= 0.6 is 23.8 Å². The summed E-state index contributed by atoms with van der Waals surface area (Å²) in [6.07, 6.45) is 8.21. The van der Waals surface area contributed by atoms with Crippen LogP contribution in [0, 0.1) is 0 Å². The van der Waals surface area contributed by atoms with Gasteiger partial charge in [0.15, 0.2) is 16.6 Å². The van der Waals surface area contributed by atoms with E-state index < -0.39 is 0 Å². The number of halogens is 1. The molecular weight excluding hydrogens is 506 g/mol. The van der Waals surface area contributed by atoms with Crippen LogP contribution in [-0.2, 0) is 0 Å². The molecule has 0 atom stereocenters. The van der Waals surface area contributed by atoms with Gasteiger partial charge in [0, 0.05) is 5.69 Å². The monoisotopic (exact) mass is 537 g/mol. The lowest BCUT2D eigenvalue weighted by Crippen LogP contribution is -2.23. The largest absolute Gasteiger partial charge is 0.493 e. The Hall–Kier alpha value is -3.29. The normalized spacial score (nSPS) is 13.8. The predicted octanol–water partition coefficient (Wildman–Crippen LogP) is 7.17. The molecule has 1 aliphatic carbocycles. The number of para-hydroxylation sites is 1. The fourth-order valence-electron chi connectivity index (χ4n) is 4.38. The van der Waals surface area contributed by atoms with Gasteiger partial charge < -0.3 is 19.5 Å². The van der Waals surface area contributed by atoms with E-state index >= 15 is 0 Å². The number of nitrogens with zero attached hydrogens (tertiary/aromatic N) is 1. The van der Waals surface area contributed by atoms with Gasteiger partial charge in [0.05, 0.1) is 18.3 Å². The molecule has 0 saturated heterocycles. The smallest absolute Gasteiger partial charge is 0.191 e. The molecule has 2 N–H and O–H groups in total. The lowest BCUT2D eigenvalue weighted by Gasteiger charge is -2.22. The maximum atomic E-state index is 6.48. The first kappa shape index (κ1) is 26.8. The van der Waals surface area contributed by atoms with E-state index in [9.17, 15) is 0 Å². The van der Waals surface area contributed by atoms with Crippen LogP contribution in [0.2, 0.25) is 5.02 Å². The minimum absolute atomic E-state index is 0.328. The molecular formula is C29H32ClN3O3S. The van der Waals surface area contributed by atoms with E-state index in [0.29, 0.717) is 40.8 Å².